The van der Waals surface area contributed by atoms with Gasteiger partial charge in [0, 0.05) is 31.6 Å². The van der Waals surface area contributed by atoms with Gasteiger partial charge in [0.05, 0.1) is 19.1 Å². The second-order valence-electron chi connectivity index (χ2n) is 9.59. The van der Waals surface area contributed by atoms with Gasteiger partial charge in [0.2, 0.25) is 28.6 Å². The van der Waals surface area contributed by atoms with E-state index in [1.807, 2.05) is 45.0 Å². The summed E-state index contributed by atoms with van der Waals surface area (Å²) >= 11 is 0. The van der Waals surface area contributed by atoms with Gasteiger partial charge >= 0.3 is 0 Å². The van der Waals surface area contributed by atoms with Crippen molar-refractivity contribution in [2.45, 2.75) is 65.1 Å². The van der Waals surface area contributed by atoms with Crippen molar-refractivity contribution in [3.05, 3.63) is 48.0 Å². The zero-order chi connectivity index (χ0) is 28.6. The van der Waals surface area contributed by atoms with E-state index in [4.69, 9.17) is 14.2 Å². The summed E-state index contributed by atoms with van der Waals surface area (Å²) < 4.78 is 42.4. The first-order chi connectivity index (χ1) is 18.6. The summed E-state index contributed by atoms with van der Waals surface area (Å²) in [4.78, 5) is 28.3. The molecule has 0 aliphatic carbocycles. The van der Waals surface area contributed by atoms with Crippen molar-refractivity contribution in [1.82, 2.24) is 10.2 Å². The molecule has 1 aliphatic rings. The number of carbonyl (C=O) groups excluding carboxylic acids is 2. The Morgan fingerprint density at radius 1 is 1.05 bits per heavy atom. The Hall–Kier alpha value is -3.47. The van der Waals surface area contributed by atoms with Crippen LogP contribution in [0.5, 0.6) is 17.2 Å². The maximum absolute atomic E-state index is 13.6. The molecule has 2 amide bonds. The molecule has 1 N–H and O–H groups in total. The molecule has 2 aromatic rings. The Labute approximate surface area is 231 Å². The molecule has 0 bridgehead atoms. The molecular weight excluding hydrogens is 522 g/mol. The van der Waals surface area contributed by atoms with Crippen molar-refractivity contribution in [3.8, 4) is 17.2 Å². The molecular formula is C28H39N3O7S. The molecule has 214 valence electrons. The summed E-state index contributed by atoms with van der Waals surface area (Å²) in [6.45, 7) is 6.21. The number of fused-ring (bicyclic) bond motifs is 1. The molecule has 0 saturated carbocycles. The summed E-state index contributed by atoms with van der Waals surface area (Å²) in [5, 5.41) is 2.99. The maximum atomic E-state index is 13.6. The van der Waals surface area contributed by atoms with Crippen molar-refractivity contribution in [3.63, 3.8) is 0 Å². The van der Waals surface area contributed by atoms with Crippen LogP contribution in [0, 0.1) is 0 Å². The van der Waals surface area contributed by atoms with E-state index in [-0.39, 0.29) is 50.6 Å². The highest BCUT2D eigenvalue weighted by atomic mass is 32.2. The van der Waals surface area contributed by atoms with Crippen LogP contribution < -0.4 is 23.8 Å². The van der Waals surface area contributed by atoms with E-state index < -0.39 is 16.1 Å². The minimum atomic E-state index is -3.62. The third kappa shape index (κ3) is 8.01. The first kappa shape index (κ1) is 30.1. The molecule has 2 aromatic carbocycles. The van der Waals surface area contributed by atoms with Crippen LogP contribution in [0.2, 0.25) is 0 Å². The number of hydrogen-bond donors (Lipinski definition) is 1. The molecule has 2 atom stereocenters. The van der Waals surface area contributed by atoms with Crippen LogP contribution in [-0.4, -0.2) is 63.9 Å². The number of hydrogen-bond acceptors (Lipinski definition) is 7. The number of anilines is 1. The fourth-order valence-corrected chi connectivity index (χ4v) is 5.29. The van der Waals surface area contributed by atoms with E-state index in [2.05, 4.69) is 5.32 Å². The molecule has 1 heterocycles. The highest BCUT2D eigenvalue weighted by Crippen LogP contribution is 2.36. The lowest BCUT2D eigenvalue weighted by Crippen LogP contribution is -2.50. The number of carbonyl (C=O) groups is 2. The largest absolute Gasteiger partial charge is 0.497 e. The van der Waals surface area contributed by atoms with Gasteiger partial charge in [0.15, 0.2) is 11.5 Å². The van der Waals surface area contributed by atoms with Crippen LogP contribution in [-0.2, 0) is 26.2 Å². The Morgan fingerprint density at radius 3 is 2.36 bits per heavy atom. The first-order valence-corrected chi connectivity index (χ1v) is 15.0. The van der Waals surface area contributed by atoms with E-state index in [9.17, 15) is 18.0 Å². The van der Waals surface area contributed by atoms with Crippen LogP contribution in [0.4, 0.5) is 5.69 Å². The van der Waals surface area contributed by atoms with Crippen molar-refractivity contribution < 1.29 is 32.2 Å². The van der Waals surface area contributed by atoms with Gasteiger partial charge in [-0.15, -0.1) is 0 Å². The van der Waals surface area contributed by atoms with Crippen molar-refractivity contribution in [2.75, 3.05) is 31.0 Å². The van der Waals surface area contributed by atoms with Gasteiger partial charge in [-0.05, 0) is 56.0 Å². The van der Waals surface area contributed by atoms with Crippen molar-refractivity contribution >= 4 is 27.5 Å². The molecule has 0 saturated heterocycles. The van der Waals surface area contributed by atoms with Gasteiger partial charge in [0.1, 0.15) is 11.8 Å². The molecule has 0 fully saturated rings. The van der Waals surface area contributed by atoms with Crippen LogP contribution >= 0.6 is 0 Å². The number of ether oxygens (including phenoxy) is 3. The second kappa shape index (κ2) is 13.5. The normalized spacial score (nSPS) is 13.9. The number of sulfonamides is 1. The second-order valence-corrected chi connectivity index (χ2v) is 11.5. The number of amides is 2. The standard InChI is InChI=1S/C28H39N3O7S/c1-6-20(3)29-28(33)24(7-2)30(18-21-10-13-23(36-4)14-11-21)27(32)9-8-16-31(39(5,34)35)22-12-15-25-26(17-22)38-19-37-25/h10-15,17,20,24H,6-9,16,18-19H2,1-5H3,(H,29,33)/t20-,24+/m1/s1. The average molecular weight is 562 g/mol. The summed E-state index contributed by atoms with van der Waals surface area (Å²) in [5.74, 6) is 1.30. The highest BCUT2D eigenvalue weighted by Gasteiger charge is 2.29. The minimum Gasteiger partial charge on any atom is -0.497 e. The van der Waals surface area contributed by atoms with E-state index in [1.165, 1.54) is 4.31 Å². The molecule has 0 radical (unpaired) electrons. The number of methoxy groups -OCH3 is 1. The number of nitrogens with zero attached hydrogens (tertiary/aromatic N) is 2. The first-order valence-electron chi connectivity index (χ1n) is 13.2. The summed E-state index contributed by atoms with van der Waals surface area (Å²) in [6, 6.07) is 11.6. The maximum Gasteiger partial charge on any atom is 0.243 e. The van der Waals surface area contributed by atoms with Crippen LogP contribution in [0.3, 0.4) is 0 Å². The predicted molar refractivity (Wildman–Crippen MR) is 150 cm³/mol. The SMILES string of the molecule is CC[C@@H](C)NC(=O)[C@H](CC)N(Cc1ccc(OC)cc1)C(=O)CCCN(c1ccc2c(c1)OCO2)S(C)(=O)=O. The highest BCUT2D eigenvalue weighted by molar-refractivity contribution is 7.92. The molecule has 3 rings (SSSR count). The Balaban J connectivity index is 1.77. The smallest absolute Gasteiger partial charge is 0.243 e. The fraction of sp³-hybridized carbons (Fsp3) is 0.500. The summed E-state index contributed by atoms with van der Waals surface area (Å²) in [7, 11) is -2.04. The zero-order valence-corrected chi connectivity index (χ0v) is 24.1. The molecule has 10 nitrogen and oxygen atoms in total. The third-order valence-electron chi connectivity index (χ3n) is 6.70. The van der Waals surface area contributed by atoms with Gasteiger partial charge in [0.25, 0.3) is 0 Å². The van der Waals surface area contributed by atoms with Gasteiger partial charge in [-0.2, -0.15) is 0 Å². The van der Waals surface area contributed by atoms with Crippen LogP contribution in [0.15, 0.2) is 42.5 Å². The Kier molecular flexibility index (Phi) is 10.4. The Morgan fingerprint density at radius 2 is 1.74 bits per heavy atom. The summed E-state index contributed by atoms with van der Waals surface area (Å²) in [5.41, 5.74) is 1.29. The zero-order valence-electron chi connectivity index (χ0n) is 23.3. The Bertz CT molecular complexity index is 1230. The third-order valence-corrected chi connectivity index (χ3v) is 7.89. The van der Waals surface area contributed by atoms with Gasteiger partial charge in [-0.1, -0.05) is 26.0 Å². The van der Waals surface area contributed by atoms with Gasteiger partial charge < -0.3 is 24.4 Å². The monoisotopic (exact) mass is 561 g/mol. The quantitative estimate of drug-likeness (QED) is 0.374. The number of benzene rings is 2. The molecule has 0 aromatic heterocycles. The van der Waals surface area contributed by atoms with E-state index in [0.717, 1.165) is 18.2 Å². The van der Waals surface area contributed by atoms with Crippen molar-refractivity contribution in [1.29, 1.82) is 0 Å². The fourth-order valence-electron chi connectivity index (χ4n) is 4.33. The lowest BCUT2D eigenvalue weighted by molar-refractivity contribution is -0.141. The molecule has 39 heavy (non-hydrogen) atoms. The lowest BCUT2D eigenvalue weighted by Gasteiger charge is -2.32. The number of rotatable bonds is 14. The predicted octanol–water partition coefficient (Wildman–Crippen LogP) is 3.69. The van der Waals surface area contributed by atoms with Crippen LogP contribution in [0.1, 0.15) is 52.0 Å². The van der Waals surface area contributed by atoms with E-state index >= 15 is 0 Å². The lowest BCUT2D eigenvalue weighted by atomic mass is 10.1. The molecule has 11 heteroatoms. The van der Waals surface area contributed by atoms with Gasteiger partial charge in [-0.3, -0.25) is 13.9 Å². The molecule has 1 aliphatic heterocycles. The van der Waals surface area contributed by atoms with E-state index in [1.54, 1.807) is 30.2 Å². The van der Waals surface area contributed by atoms with E-state index in [0.29, 0.717) is 29.4 Å². The average Bonchev–Trinajstić information content (AvgIpc) is 3.38. The molecule has 0 spiro atoms. The summed E-state index contributed by atoms with van der Waals surface area (Å²) in [6.07, 6.45) is 2.68. The van der Waals surface area contributed by atoms with Crippen molar-refractivity contribution in [2.24, 2.45) is 0 Å². The number of nitrogens with one attached hydrogen (secondary N) is 1. The minimum absolute atomic E-state index is 0.0190. The molecule has 0 unspecified atom stereocenters. The van der Waals surface area contributed by atoms with Crippen LogP contribution in [0.25, 0.3) is 0 Å². The topological polar surface area (TPSA) is 114 Å². The van der Waals surface area contributed by atoms with Gasteiger partial charge in [-0.25, -0.2) is 8.42 Å².